The smallest absolute Gasteiger partial charge is 0.0741 e. The molecule has 1 fully saturated rings. The van der Waals surface area contributed by atoms with Crippen molar-refractivity contribution in [2.75, 3.05) is 7.11 Å². The van der Waals surface area contributed by atoms with Gasteiger partial charge in [0, 0.05) is 19.7 Å². The first-order valence-electron chi connectivity index (χ1n) is 4.70. The zero-order chi connectivity index (χ0) is 9.10. The Balaban J connectivity index is 1.75. The van der Waals surface area contributed by atoms with Crippen LogP contribution in [0.1, 0.15) is 12.0 Å². The first-order valence-corrected chi connectivity index (χ1v) is 4.70. The highest BCUT2D eigenvalue weighted by atomic mass is 16.5. The van der Waals surface area contributed by atoms with Gasteiger partial charge in [-0.25, -0.2) is 0 Å². The molecule has 0 spiro atoms. The van der Waals surface area contributed by atoms with Crippen LogP contribution < -0.4 is 5.32 Å². The Kier molecular flexibility index (Phi) is 2.62. The van der Waals surface area contributed by atoms with E-state index in [1.54, 1.807) is 7.11 Å². The first-order chi connectivity index (χ1) is 6.40. The average Bonchev–Trinajstić information content (AvgIpc) is 2.95. The molecule has 1 aliphatic carbocycles. The summed E-state index contributed by atoms with van der Waals surface area (Å²) in [5.74, 6) is 0. The number of nitrogens with one attached hydrogen (secondary N) is 1. The number of ether oxygens (including phenoxy) is 1. The Morgan fingerprint density at radius 1 is 1.38 bits per heavy atom. The van der Waals surface area contributed by atoms with E-state index in [4.69, 9.17) is 4.74 Å². The van der Waals surface area contributed by atoms with E-state index in [1.807, 2.05) is 6.07 Å². The third-order valence-corrected chi connectivity index (χ3v) is 2.45. The van der Waals surface area contributed by atoms with Crippen LogP contribution in [0.5, 0.6) is 0 Å². The van der Waals surface area contributed by atoms with Crippen molar-refractivity contribution in [3.8, 4) is 0 Å². The second-order valence-electron chi connectivity index (χ2n) is 3.48. The standard InChI is InChI=1S/C11H15NO/c1-13-11-7-10(11)12-8-9-5-3-2-4-6-9/h2-6,10-12H,7-8H2,1H3/t10-,11-/m0/s1. The fraction of sp³-hybridized carbons (Fsp3) is 0.455. The minimum absolute atomic E-state index is 0.448. The lowest BCUT2D eigenvalue weighted by molar-refractivity contribution is 0.173. The van der Waals surface area contributed by atoms with Crippen LogP contribution >= 0.6 is 0 Å². The van der Waals surface area contributed by atoms with Crippen molar-refractivity contribution in [3.05, 3.63) is 35.9 Å². The first kappa shape index (κ1) is 8.73. The highest BCUT2D eigenvalue weighted by Gasteiger charge is 2.36. The molecule has 0 amide bonds. The van der Waals surface area contributed by atoms with E-state index in [-0.39, 0.29) is 0 Å². The fourth-order valence-corrected chi connectivity index (χ4v) is 1.49. The Bertz CT molecular complexity index is 260. The van der Waals surface area contributed by atoms with E-state index in [0.717, 1.165) is 13.0 Å². The number of methoxy groups -OCH3 is 1. The zero-order valence-electron chi connectivity index (χ0n) is 7.86. The maximum atomic E-state index is 5.20. The molecule has 0 aliphatic heterocycles. The normalized spacial score (nSPS) is 25.9. The van der Waals surface area contributed by atoms with Gasteiger partial charge in [-0.1, -0.05) is 30.3 Å². The van der Waals surface area contributed by atoms with Crippen LogP contribution in [0.25, 0.3) is 0 Å². The number of rotatable bonds is 4. The molecule has 2 heteroatoms. The summed E-state index contributed by atoms with van der Waals surface area (Å²) in [6.45, 7) is 0.950. The predicted octanol–water partition coefficient (Wildman–Crippen LogP) is 1.56. The van der Waals surface area contributed by atoms with Crippen LogP contribution in [0.3, 0.4) is 0 Å². The maximum Gasteiger partial charge on any atom is 0.0741 e. The maximum absolute atomic E-state index is 5.20. The summed E-state index contributed by atoms with van der Waals surface area (Å²) in [5.41, 5.74) is 1.34. The van der Waals surface area contributed by atoms with Crippen molar-refractivity contribution in [2.24, 2.45) is 0 Å². The Hall–Kier alpha value is -0.860. The highest BCUT2D eigenvalue weighted by Crippen LogP contribution is 2.24. The molecular weight excluding hydrogens is 162 g/mol. The van der Waals surface area contributed by atoms with E-state index in [1.165, 1.54) is 5.56 Å². The fourth-order valence-electron chi connectivity index (χ4n) is 1.49. The number of hydrogen-bond donors (Lipinski definition) is 1. The largest absolute Gasteiger partial charge is 0.380 e. The molecule has 0 radical (unpaired) electrons. The van der Waals surface area contributed by atoms with Gasteiger partial charge in [-0.05, 0) is 12.0 Å². The number of hydrogen-bond acceptors (Lipinski definition) is 2. The van der Waals surface area contributed by atoms with Crippen LogP contribution in [0.15, 0.2) is 30.3 Å². The van der Waals surface area contributed by atoms with Gasteiger partial charge in [0.1, 0.15) is 0 Å². The van der Waals surface area contributed by atoms with Crippen LogP contribution in [0.2, 0.25) is 0 Å². The van der Waals surface area contributed by atoms with Gasteiger partial charge in [0.05, 0.1) is 6.10 Å². The van der Waals surface area contributed by atoms with E-state index in [9.17, 15) is 0 Å². The van der Waals surface area contributed by atoms with Gasteiger partial charge in [0.2, 0.25) is 0 Å². The SMILES string of the molecule is CO[C@H]1C[C@@H]1NCc1ccccc1. The second-order valence-corrected chi connectivity index (χ2v) is 3.48. The lowest BCUT2D eigenvalue weighted by Crippen LogP contribution is -2.19. The van der Waals surface area contributed by atoms with Crippen LogP contribution in [-0.2, 0) is 11.3 Å². The van der Waals surface area contributed by atoms with Gasteiger partial charge in [0.25, 0.3) is 0 Å². The quantitative estimate of drug-likeness (QED) is 0.753. The minimum Gasteiger partial charge on any atom is -0.380 e. The molecular formula is C11H15NO. The molecule has 1 aromatic rings. The third-order valence-electron chi connectivity index (χ3n) is 2.45. The molecule has 0 heterocycles. The summed E-state index contributed by atoms with van der Waals surface area (Å²) in [6.07, 6.45) is 1.60. The minimum atomic E-state index is 0.448. The predicted molar refractivity (Wildman–Crippen MR) is 52.5 cm³/mol. The van der Waals surface area contributed by atoms with Crippen LogP contribution in [-0.4, -0.2) is 19.3 Å². The Morgan fingerprint density at radius 3 is 2.77 bits per heavy atom. The summed E-state index contributed by atoms with van der Waals surface area (Å²) < 4.78 is 5.20. The van der Waals surface area contributed by atoms with Crippen molar-refractivity contribution < 1.29 is 4.74 Å². The molecule has 0 unspecified atom stereocenters. The summed E-state index contributed by atoms with van der Waals surface area (Å²) in [7, 11) is 1.77. The lowest BCUT2D eigenvalue weighted by Gasteiger charge is -2.02. The van der Waals surface area contributed by atoms with Gasteiger partial charge < -0.3 is 10.1 Å². The Morgan fingerprint density at radius 2 is 2.15 bits per heavy atom. The average molecular weight is 177 g/mol. The van der Waals surface area contributed by atoms with E-state index in [2.05, 4.69) is 29.6 Å². The van der Waals surface area contributed by atoms with Crippen LogP contribution in [0, 0.1) is 0 Å². The van der Waals surface area contributed by atoms with Gasteiger partial charge in [-0.2, -0.15) is 0 Å². The molecule has 1 aromatic carbocycles. The van der Waals surface area contributed by atoms with Crippen molar-refractivity contribution in [2.45, 2.75) is 25.1 Å². The third kappa shape index (κ3) is 2.29. The van der Waals surface area contributed by atoms with Crippen LogP contribution in [0.4, 0.5) is 0 Å². The molecule has 1 N–H and O–H groups in total. The van der Waals surface area contributed by atoms with Crippen molar-refractivity contribution in [3.63, 3.8) is 0 Å². The zero-order valence-corrected chi connectivity index (χ0v) is 7.86. The summed E-state index contributed by atoms with van der Waals surface area (Å²) in [6, 6.07) is 11.0. The van der Waals surface area contributed by atoms with Gasteiger partial charge >= 0.3 is 0 Å². The van der Waals surface area contributed by atoms with E-state index < -0.39 is 0 Å². The lowest BCUT2D eigenvalue weighted by atomic mass is 10.2. The van der Waals surface area contributed by atoms with Crippen molar-refractivity contribution in [1.82, 2.24) is 5.32 Å². The topological polar surface area (TPSA) is 21.3 Å². The monoisotopic (exact) mass is 177 g/mol. The molecule has 13 heavy (non-hydrogen) atoms. The molecule has 2 rings (SSSR count). The molecule has 2 nitrogen and oxygen atoms in total. The summed E-state index contributed by atoms with van der Waals surface area (Å²) in [4.78, 5) is 0. The van der Waals surface area contributed by atoms with Gasteiger partial charge in [-0.3, -0.25) is 0 Å². The van der Waals surface area contributed by atoms with Gasteiger partial charge in [0.15, 0.2) is 0 Å². The summed E-state index contributed by atoms with van der Waals surface area (Å²) in [5, 5.41) is 3.45. The molecule has 2 atom stereocenters. The molecule has 0 bridgehead atoms. The van der Waals surface area contributed by atoms with Crippen molar-refractivity contribution >= 4 is 0 Å². The number of benzene rings is 1. The van der Waals surface area contributed by atoms with Crippen molar-refractivity contribution in [1.29, 1.82) is 0 Å². The summed E-state index contributed by atoms with van der Waals surface area (Å²) >= 11 is 0. The van der Waals surface area contributed by atoms with E-state index in [0.29, 0.717) is 12.1 Å². The Labute approximate surface area is 78.9 Å². The molecule has 1 saturated carbocycles. The van der Waals surface area contributed by atoms with Gasteiger partial charge in [-0.15, -0.1) is 0 Å². The van der Waals surface area contributed by atoms with E-state index >= 15 is 0 Å². The molecule has 0 aromatic heterocycles. The molecule has 0 saturated heterocycles. The molecule has 1 aliphatic rings. The second kappa shape index (κ2) is 3.90. The molecule has 70 valence electrons. The highest BCUT2D eigenvalue weighted by molar-refractivity contribution is 5.14.